The van der Waals surface area contributed by atoms with Crippen molar-refractivity contribution in [2.75, 3.05) is 0 Å². The second-order valence-electron chi connectivity index (χ2n) is 8.47. The summed E-state index contributed by atoms with van der Waals surface area (Å²) in [4.78, 5) is 9.71. The molecule has 5 nitrogen and oxygen atoms in total. The van der Waals surface area contributed by atoms with Crippen LogP contribution in [0.5, 0.6) is 0 Å². The maximum Gasteiger partial charge on any atom is 0.0897 e. The minimum Gasteiger partial charge on any atom is -0.321 e. The van der Waals surface area contributed by atoms with Crippen LogP contribution in [0.2, 0.25) is 0 Å². The Bertz CT molecular complexity index is 1280. The quantitative estimate of drug-likeness (QED) is 0.350. The Kier molecular flexibility index (Phi) is 5.11. The highest BCUT2D eigenvalue weighted by atomic mass is 14.8. The van der Waals surface area contributed by atoms with Gasteiger partial charge in [-0.1, -0.05) is 54.6 Å². The van der Waals surface area contributed by atoms with Gasteiger partial charge in [0.2, 0.25) is 0 Å². The molecule has 2 aromatic carbocycles. The van der Waals surface area contributed by atoms with Crippen LogP contribution in [0.25, 0.3) is 33.4 Å². The molecule has 0 atom stereocenters. The fourth-order valence-electron chi connectivity index (χ4n) is 4.34. The molecule has 2 aromatic heterocycles. The van der Waals surface area contributed by atoms with Crippen molar-refractivity contribution in [1.82, 2.24) is 9.97 Å². The third kappa shape index (κ3) is 3.51. The summed E-state index contributed by atoms with van der Waals surface area (Å²) in [6, 6.07) is 24.5. The number of hydrogen-bond donors (Lipinski definition) is 3. The summed E-state index contributed by atoms with van der Waals surface area (Å²) in [5, 5.41) is 15.1. The van der Waals surface area contributed by atoms with Gasteiger partial charge in [-0.2, -0.15) is 0 Å². The minimum absolute atomic E-state index is 0.182. The molecule has 0 unspecified atom stereocenters. The first-order chi connectivity index (χ1) is 15.6. The summed E-state index contributed by atoms with van der Waals surface area (Å²) in [6.07, 6.45) is 5.73. The van der Waals surface area contributed by atoms with Crippen LogP contribution < -0.4 is 5.73 Å². The number of nitrogens with two attached hydrogens (primary N) is 1. The Hall–Kier alpha value is -3.70. The fourth-order valence-corrected chi connectivity index (χ4v) is 4.34. The van der Waals surface area contributed by atoms with Crippen LogP contribution in [0.15, 0.2) is 72.8 Å². The highest BCUT2D eigenvalue weighted by Crippen LogP contribution is 2.40. The number of nitrogens with one attached hydrogen (secondary N) is 2. The summed E-state index contributed by atoms with van der Waals surface area (Å²) >= 11 is 0. The highest BCUT2D eigenvalue weighted by molar-refractivity contribution is 5.91. The SMILES string of the molecule is N=CC(C=N)c1ccc2nc(-c3ccc(C4(N)CCC4)cc3)c(-c3ccccc3)cc2n1. The molecule has 0 saturated heterocycles. The van der Waals surface area contributed by atoms with Crippen molar-refractivity contribution in [3.05, 3.63) is 84.1 Å². The maximum atomic E-state index is 7.57. The van der Waals surface area contributed by atoms with E-state index >= 15 is 0 Å². The standard InChI is InChI=1S/C27H25N5/c28-16-20(17-29)23-11-12-24-25(31-23)15-22(18-5-2-1-3-6-18)26(32-24)19-7-9-21(10-8-19)27(30)13-4-14-27/h1-3,5-12,15-17,20,28-29H,4,13-14,30H2. The van der Waals surface area contributed by atoms with Crippen LogP contribution in [0, 0.1) is 10.8 Å². The summed E-state index contributed by atoms with van der Waals surface area (Å²) in [7, 11) is 0. The number of fused-ring (bicyclic) bond motifs is 1. The van der Waals surface area contributed by atoms with Crippen molar-refractivity contribution < 1.29 is 0 Å². The Morgan fingerprint density at radius 2 is 1.53 bits per heavy atom. The van der Waals surface area contributed by atoms with E-state index in [0.29, 0.717) is 5.69 Å². The number of benzene rings is 2. The second-order valence-corrected chi connectivity index (χ2v) is 8.47. The topological polar surface area (TPSA) is 99.5 Å². The Labute approximate surface area is 187 Å². The molecule has 4 aromatic rings. The van der Waals surface area contributed by atoms with Crippen LogP contribution in [0.4, 0.5) is 0 Å². The first-order valence-electron chi connectivity index (χ1n) is 10.9. The lowest BCUT2D eigenvalue weighted by molar-refractivity contribution is 0.253. The molecular formula is C27H25N5. The molecule has 1 aliphatic carbocycles. The molecule has 1 fully saturated rings. The van der Waals surface area contributed by atoms with Gasteiger partial charge < -0.3 is 16.6 Å². The van der Waals surface area contributed by atoms with Crippen molar-refractivity contribution >= 4 is 23.5 Å². The molecule has 4 N–H and O–H groups in total. The monoisotopic (exact) mass is 419 g/mol. The van der Waals surface area contributed by atoms with Crippen molar-refractivity contribution in [3.63, 3.8) is 0 Å². The minimum atomic E-state index is -0.429. The number of rotatable bonds is 6. The molecule has 0 bridgehead atoms. The van der Waals surface area contributed by atoms with Gasteiger partial charge in [-0.15, -0.1) is 0 Å². The predicted octanol–water partition coefficient (Wildman–Crippen LogP) is 5.68. The summed E-state index contributed by atoms with van der Waals surface area (Å²) in [5.41, 5.74) is 13.7. The molecule has 158 valence electrons. The fraction of sp³-hybridized carbons (Fsp3) is 0.185. The maximum absolute atomic E-state index is 7.57. The smallest absolute Gasteiger partial charge is 0.0897 e. The van der Waals surface area contributed by atoms with Gasteiger partial charge in [-0.05, 0) is 48.6 Å². The Balaban J connectivity index is 1.66. The molecule has 1 aliphatic rings. The van der Waals surface area contributed by atoms with E-state index in [1.54, 1.807) is 0 Å². The van der Waals surface area contributed by atoms with Crippen LogP contribution in [0.1, 0.15) is 36.4 Å². The lowest BCUT2D eigenvalue weighted by Gasteiger charge is -2.38. The molecular weight excluding hydrogens is 394 g/mol. The molecule has 5 heteroatoms. The normalized spacial score (nSPS) is 15.7. The van der Waals surface area contributed by atoms with Gasteiger partial charge in [0, 0.05) is 29.1 Å². The first-order valence-corrected chi connectivity index (χ1v) is 10.9. The molecule has 32 heavy (non-hydrogen) atoms. The molecule has 0 amide bonds. The average molecular weight is 420 g/mol. The predicted molar refractivity (Wildman–Crippen MR) is 130 cm³/mol. The van der Waals surface area contributed by atoms with Crippen LogP contribution in [0.3, 0.4) is 0 Å². The third-order valence-corrected chi connectivity index (χ3v) is 6.46. The van der Waals surface area contributed by atoms with Crippen LogP contribution in [-0.2, 0) is 5.54 Å². The van der Waals surface area contributed by atoms with Crippen molar-refractivity contribution in [2.45, 2.75) is 30.7 Å². The first kappa shape index (κ1) is 20.2. The average Bonchev–Trinajstić information content (AvgIpc) is 2.83. The van der Waals surface area contributed by atoms with E-state index < -0.39 is 5.92 Å². The van der Waals surface area contributed by atoms with Gasteiger partial charge in [0.05, 0.1) is 28.3 Å². The number of nitrogens with zero attached hydrogens (tertiary/aromatic N) is 2. The van der Waals surface area contributed by atoms with E-state index in [0.717, 1.165) is 46.3 Å². The summed E-state index contributed by atoms with van der Waals surface area (Å²) < 4.78 is 0. The summed E-state index contributed by atoms with van der Waals surface area (Å²) in [5.74, 6) is -0.429. The zero-order valence-corrected chi connectivity index (χ0v) is 17.8. The Morgan fingerprint density at radius 1 is 0.812 bits per heavy atom. The lowest BCUT2D eigenvalue weighted by Crippen LogP contribution is -2.43. The zero-order valence-electron chi connectivity index (χ0n) is 17.8. The van der Waals surface area contributed by atoms with E-state index in [1.165, 1.54) is 24.4 Å². The van der Waals surface area contributed by atoms with E-state index in [9.17, 15) is 0 Å². The zero-order chi connectivity index (χ0) is 22.1. The number of pyridine rings is 2. The number of hydrogen-bond acceptors (Lipinski definition) is 5. The second kappa shape index (κ2) is 8.09. The molecule has 0 spiro atoms. The number of aromatic nitrogens is 2. The van der Waals surface area contributed by atoms with Gasteiger partial charge in [0.15, 0.2) is 0 Å². The van der Waals surface area contributed by atoms with Crippen molar-refractivity contribution in [2.24, 2.45) is 5.73 Å². The van der Waals surface area contributed by atoms with Gasteiger partial charge >= 0.3 is 0 Å². The van der Waals surface area contributed by atoms with E-state index in [1.807, 2.05) is 30.3 Å². The van der Waals surface area contributed by atoms with E-state index in [2.05, 4.69) is 42.5 Å². The molecule has 1 saturated carbocycles. The van der Waals surface area contributed by atoms with E-state index in [4.69, 9.17) is 26.5 Å². The molecule has 0 aliphatic heterocycles. The van der Waals surface area contributed by atoms with E-state index in [-0.39, 0.29) is 5.54 Å². The van der Waals surface area contributed by atoms with Crippen molar-refractivity contribution in [1.29, 1.82) is 10.8 Å². The van der Waals surface area contributed by atoms with Crippen LogP contribution >= 0.6 is 0 Å². The largest absolute Gasteiger partial charge is 0.321 e. The van der Waals surface area contributed by atoms with Gasteiger partial charge in [0.1, 0.15) is 0 Å². The van der Waals surface area contributed by atoms with Crippen molar-refractivity contribution in [3.8, 4) is 22.4 Å². The van der Waals surface area contributed by atoms with Crippen LogP contribution in [-0.4, -0.2) is 22.4 Å². The molecule has 2 heterocycles. The highest BCUT2D eigenvalue weighted by Gasteiger charge is 2.34. The van der Waals surface area contributed by atoms with Gasteiger partial charge in [0.25, 0.3) is 0 Å². The Morgan fingerprint density at radius 3 is 2.16 bits per heavy atom. The molecule has 5 rings (SSSR count). The van der Waals surface area contributed by atoms with Gasteiger partial charge in [-0.25, -0.2) is 4.98 Å². The summed E-state index contributed by atoms with van der Waals surface area (Å²) in [6.45, 7) is 0. The molecule has 0 radical (unpaired) electrons. The van der Waals surface area contributed by atoms with Gasteiger partial charge in [-0.3, -0.25) is 4.98 Å². The third-order valence-electron chi connectivity index (χ3n) is 6.46. The lowest BCUT2D eigenvalue weighted by atomic mass is 9.72.